The molecule has 0 spiro atoms. The number of hydrogen-bond donors (Lipinski definition) is 1. The van der Waals surface area contributed by atoms with Crippen LogP contribution in [-0.2, 0) is 0 Å². The van der Waals surface area contributed by atoms with Gasteiger partial charge in [0.05, 0.1) is 11.3 Å². The number of hydrogen-bond acceptors (Lipinski definition) is 2. The lowest BCUT2D eigenvalue weighted by atomic mass is 9.98. The van der Waals surface area contributed by atoms with E-state index < -0.39 is 0 Å². The van der Waals surface area contributed by atoms with E-state index in [2.05, 4.69) is 5.32 Å². The fourth-order valence-corrected chi connectivity index (χ4v) is 2.73. The van der Waals surface area contributed by atoms with Crippen LogP contribution in [0, 0.1) is 0 Å². The number of nitrogens with one attached hydrogen (secondary N) is 1. The van der Waals surface area contributed by atoms with E-state index in [0.717, 1.165) is 24.2 Å². The van der Waals surface area contributed by atoms with Crippen LogP contribution in [0.2, 0.25) is 0 Å². The van der Waals surface area contributed by atoms with Crippen LogP contribution in [0.4, 0.5) is 11.4 Å². The summed E-state index contributed by atoms with van der Waals surface area (Å²) in [5.74, 6) is -0.109. The highest BCUT2D eigenvalue weighted by atomic mass is 16.1. The highest BCUT2D eigenvalue weighted by Gasteiger charge is 2.13. The van der Waals surface area contributed by atoms with Crippen molar-refractivity contribution < 1.29 is 4.79 Å². The molecule has 2 aromatic rings. The third-order valence-corrected chi connectivity index (χ3v) is 3.89. The van der Waals surface area contributed by atoms with Crippen LogP contribution in [-0.4, -0.2) is 11.6 Å². The summed E-state index contributed by atoms with van der Waals surface area (Å²) in [4.78, 5) is 17.2. The van der Waals surface area contributed by atoms with Gasteiger partial charge in [0.1, 0.15) is 0 Å². The first-order valence-corrected chi connectivity index (χ1v) is 7.85. The average molecular weight is 292 g/mol. The standard InChI is InChI=1S/C19H20N2O/c22-19(21-16-11-5-2-6-12-16)17-13-7-8-14-18(17)20-15-9-3-1-4-10-15/h2,5-8,11-14H,1,3-4,9-10H2,(H,21,22). The number of rotatable bonds is 3. The molecular weight excluding hydrogens is 272 g/mol. The van der Waals surface area contributed by atoms with Gasteiger partial charge in [-0.25, -0.2) is 0 Å². The molecule has 2 aromatic carbocycles. The summed E-state index contributed by atoms with van der Waals surface area (Å²) in [5, 5.41) is 2.93. The SMILES string of the molecule is O=C(Nc1ccccc1)c1ccccc1N=C1CCCCC1. The van der Waals surface area contributed by atoms with Gasteiger partial charge in [0, 0.05) is 11.4 Å². The fraction of sp³-hybridized carbons (Fsp3) is 0.263. The summed E-state index contributed by atoms with van der Waals surface area (Å²) in [6, 6.07) is 17.1. The fourth-order valence-electron chi connectivity index (χ4n) is 2.73. The molecule has 1 saturated carbocycles. The number of anilines is 1. The molecule has 1 amide bonds. The summed E-state index contributed by atoms with van der Waals surface area (Å²) < 4.78 is 0. The number of benzene rings is 2. The van der Waals surface area contributed by atoms with Gasteiger partial charge < -0.3 is 5.32 Å². The van der Waals surface area contributed by atoms with Crippen molar-refractivity contribution in [3.63, 3.8) is 0 Å². The first-order chi connectivity index (χ1) is 10.8. The molecule has 1 aliphatic rings. The first kappa shape index (κ1) is 14.5. The van der Waals surface area contributed by atoms with Crippen LogP contribution >= 0.6 is 0 Å². The average Bonchev–Trinajstić information content (AvgIpc) is 2.57. The molecule has 0 atom stereocenters. The lowest BCUT2D eigenvalue weighted by molar-refractivity contribution is 0.102. The number of aliphatic imine (C=N–C) groups is 1. The third kappa shape index (κ3) is 3.61. The number of carbonyl (C=O) groups excluding carboxylic acids is 1. The van der Waals surface area contributed by atoms with E-state index in [0.29, 0.717) is 5.56 Å². The predicted molar refractivity (Wildman–Crippen MR) is 91.0 cm³/mol. The summed E-state index contributed by atoms with van der Waals surface area (Å²) in [6.07, 6.45) is 5.80. The van der Waals surface area contributed by atoms with E-state index in [1.54, 1.807) is 0 Å². The quantitative estimate of drug-likeness (QED) is 0.852. The summed E-state index contributed by atoms with van der Waals surface area (Å²) in [7, 11) is 0. The summed E-state index contributed by atoms with van der Waals surface area (Å²) >= 11 is 0. The van der Waals surface area contributed by atoms with Crippen molar-refractivity contribution in [1.82, 2.24) is 0 Å². The van der Waals surface area contributed by atoms with Crippen LogP contribution in [0.3, 0.4) is 0 Å². The highest BCUT2D eigenvalue weighted by molar-refractivity contribution is 6.08. The first-order valence-electron chi connectivity index (χ1n) is 7.85. The number of nitrogens with zero attached hydrogens (tertiary/aromatic N) is 1. The molecule has 0 unspecified atom stereocenters. The second kappa shape index (κ2) is 7.03. The zero-order chi connectivity index (χ0) is 15.2. The molecule has 0 aromatic heterocycles. The van der Waals surface area contributed by atoms with E-state index in [1.165, 1.54) is 25.0 Å². The Labute approximate surface area is 131 Å². The van der Waals surface area contributed by atoms with Gasteiger partial charge in [0.2, 0.25) is 0 Å². The minimum atomic E-state index is -0.109. The maximum atomic E-state index is 12.5. The lowest BCUT2D eigenvalue weighted by Gasteiger charge is -2.13. The van der Waals surface area contributed by atoms with Gasteiger partial charge in [0.25, 0.3) is 5.91 Å². The Morgan fingerprint density at radius 1 is 0.864 bits per heavy atom. The normalized spacial score (nSPS) is 14.5. The molecule has 0 saturated heterocycles. The maximum absolute atomic E-state index is 12.5. The Morgan fingerprint density at radius 3 is 2.32 bits per heavy atom. The van der Waals surface area contributed by atoms with Gasteiger partial charge in [-0.15, -0.1) is 0 Å². The Hall–Kier alpha value is -2.42. The van der Waals surface area contributed by atoms with Gasteiger partial charge in [0.15, 0.2) is 0 Å². The number of carbonyl (C=O) groups is 1. The topological polar surface area (TPSA) is 41.5 Å². The Balaban J connectivity index is 1.83. The van der Waals surface area contributed by atoms with E-state index in [9.17, 15) is 4.79 Å². The van der Waals surface area contributed by atoms with Crippen molar-refractivity contribution in [2.45, 2.75) is 32.1 Å². The molecule has 0 heterocycles. The highest BCUT2D eigenvalue weighted by Crippen LogP contribution is 2.24. The Kier molecular flexibility index (Phi) is 4.64. The van der Waals surface area contributed by atoms with Crippen molar-refractivity contribution in [3.8, 4) is 0 Å². The Morgan fingerprint density at radius 2 is 1.55 bits per heavy atom. The van der Waals surface area contributed by atoms with Crippen LogP contribution in [0.15, 0.2) is 59.6 Å². The third-order valence-electron chi connectivity index (χ3n) is 3.89. The molecule has 22 heavy (non-hydrogen) atoms. The molecular formula is C19H20N2O. The van der Waals surface area contributed by atoms with Gasteiger partial charge in [-0.2, -0.15) is 0 Å². The minimum Gasteiger partial charge on any atom is -0.322 e. The molecule has 3 heteroatoms. The molecule has 3 rings (SSSR count). The zero-order valence-electron chi connectivity index (χ0n) is 12.6. The molecule has 1 fully saturated rings. The van der Waals surface area contributed by atoms with Crippen LogP contribution in [0.1, 0.15) is 42.5 Å². The van der Waals surface area contributed by atoms with Crippen LogP contribution < -0.4 is 5.32 Å². The van der Waals surface area contributed by atoms with E-state index in [-0.39, 0.29) is 5.91 Å². The summed E-state index contributed by atoms with van der Waals surface area (Å²) in [5.41, 5.74) is 3.41. The van der Waals surface area contributed by atoms with E-state index >= 15 is 0 Å². The number of amides is 1. The summed E-state index contributed by atoms with van der Waals surface area (Å²) in [6.45, 7) is 0. The molecule has 3 nitrogen and oxygen atoms in total. The van der Waals surface area contributed by atoms with Crippen LogP contribution in [0.25, 0.3) is 0 Å². The van der Waals surface area contributed by atoms with Crippen molar-refractivity contribution in [1.29, 1.82) is 0 Å². The molecule has 0 aliphatic heterocycles. The predicted octanol–water partition coefficient (Wildman–Crippen LogP) is 4.98. The largest absolute Gasteiger partial charge is 0.322 e. The van der Waals surface area contributed by atoms with Gasteiger partial charge in [-0.3, -0.25) is 9.79 Å². The minimum absolute atomic E-state index is 0.109. The van der Waals surface area contributed by atoms with E-state index in [4.69, 9.17) is 4.99 Å². The molecule has 1 aliphatic carbocycles. The lowest BCUT2D eigenvalue weighted by Crippen LogP contribution is -2.12. The van der Waals surface area contributed by atoms with Crippen molar-refractivity contribution in [2.75, 3.05) is 5.32 Å². The van der Waals surface area contributed by atoms with Crippen molar-refractivity contribution in [2.24, 2.45) is 4.99 Å². The Bertz CT molecular complexity index is 669. The monoisotopic (exact) mass is 292 g/mol. The smallest absolute Gasteiger partial charge is 0.257 e. The second-order valence-electron chi connectivity index (χ2n) is 5.58. The zero-order valence-corrected chi connectivity index (χ0v) is 12.6. The molecule has 0 radical (unpaired) electrons. The van der Waals surface area contributed by atoms with Gasteiger partial charge in [-0.1, -0.05) is 36.8 Å². The van der Waals surface area contributed by atoms with Crippen molar-refractivity contribution in [3.05, 3.63) is 60.2 Å². The van der Waals surface area contributed by atoms with Crippen molar-refractivity contribution >= 4 is 23.0 Å². The van der Waals surface area contributed by atoms with Gasteiger partial charge in [-0.05, 0) is 49.9 Å². The second-order valence-corrected chi connectivity index (χ2v) is 5.58. The molecule has 1 N–H and O–H groups in total. The molecule has 112 valence electrons. The number of para-hydroxylation sites is 2. The maximum Gasteiger partial charge on any atom is 0.257 e. The van der Waals surface area contributed by atoms with Crippen LogP contribution in [0.5, 0.6) is 0 Å². The van der Waals surface area contributed by atoms with Gasteiger partial charge >= 0.3 is 0 Å². The molecule has 0 bridgehead atoms. The van der Waals surface area contributed by atoms with E-state index in [1.807, 2.05) is 54.6 Å².